The Morgan fingerprint density at radius 1 is 0.946 bits per heavy atom. The molecule has 5 rings (SSSR count). The van der Waals surface area contributed by atoms with Crippen LogP contribution in [-0.2, 0) is 25.2 Å². The third kappa shape index (κ3) is 3.91. The summed E-state index contributed by atoms with van der Waals surface area (Å²) in [4.78, 5) is 29.2. The van der Waals surface area contributed by atoms with E-state index in [9.17, 15) is 9.59 Å². The van der Waals surface area contributed by atoms with E-state index in [1.807, 2.05) is 38.1 Å². The molecule has 1 amide bonds. The molecular weight excluding hydrogens is 464 g/mol. The van der Waals surface area contributed by atoms with Crippen LogP contribution in [0.3, 0.4) is 0 Å². The van der Waals surface area contributed by atoms with Crippen LogP contribution < -0.4 is 10.2 Å². The number of hydrogen-bond acceptors (Lipinski definition) is 5. The van der Waals surface area contributed by atoms with E-state index in [0.717, 1.165) is 27.8 Å². The number of carbonyl (C=O) groups excluding carboxylic acids is 2. The quantitative estimate of drug-likeness (QED) is 0.455. The van der Waals surface area contributed by atoms with Crippen LogP contribution in [0, 0.1) is 13.8 Å². The lowest BCUT2D eigenvalue weighted by atomic mass is 9.70. The standard InChI is InChI=1S/C31H34N2O4/c1-6-36-29(35)33-26-10-8-7-9-25(26)30(28(34)37-20(2)3)19-31(32-27(30)33,23-15-11-21(4)12-16-23)24-17-13-22(5)14-18-24/h7-18,20,27,32H,6,19H2,1-5H3/t27-,30-/m1/s1. The number of rotatable bonds is 5. The molecule has 0 radical (unpaired) electrons. The lowest BCUT2D eigenvalue weighted by Crippen LogP contribution is -2.55. The van der Waals surface area contributed by atoms with Gasteiger partial charge in [-0.15, -0.1) is 0 Å². The minimum Gasteiger partial charge on any atom is -0.462 e. The highest BCUT2D eigenvalue weighted by molar-refractivity contribution is 6.00. The average molecular weight is 499 g/mol. The summed E-state index contributed by atoms with van der Waals surface area (Å²) >= 11 is 0. The van der Waals surface area contributed by atoms with Crippen molar-refractivity contribution >= 4 is 17.7 Å². The van der Waals surface area contributed by atoms with Crippen molar-refractivity contribution in [2.45, 2.75) is 64.3 Å². The molecule has 0 aliphatic carbocycles. The Hall–Kier alpha value is -3.64. The summed E-state index contributed by atoms with van der Waals surface area (Å²) in [6, 6.07) is 24.3. The van der Waals surface area contributed by atoms with Gasteiger partial charge in [0.15, 0.2) is 0 Å². The van der Waals surface area contributed by atoms with Crippen LogP contribution in [0.4, 0.5) is 10.5 Å². The predicted octanol–water partition coefficient (Wildman–Crippen LogP) is 5.73. The van der Waals surface area contributed by atoms with Gasteiger partial charge in [-0.2, -0.15) is 0 Å². The highest BCUT2D eigenvalue weighted by Gasteiger charge is 2.68. The van der Waals surface area contributed by atoms with Gasteiger partial charge in [-0.3, -0.25) is 15.0 Å². The number of ether oxygens (including phenoxy) is 2. The summed E-state index contributed by atoms with van der Waals surface area (Å²) in [5, 5.41) is 3.79. The van der Waals surface area contributed by atoms with E-state index in [1.54, 1.807) is 11.8 Å². The summed E-state index contributed by atoms with van der Waals surface area (Å²) in [6.45, 7) is 9.82. The third-order valence-corrected chi connectivity index (χ3v) is 7.56. The number of amides is 1. The number of nitrogens with one attached hydrogen (secondary N) is 1. The molecule has 1 saturated heterocycles. The van der Waals surface area contributed by atoms with Crippen molar-refractivity contribution in [3.63, 3.8) is 0 Å². The Balaban J connectivity index is 1.78. The molecule has 2 aliphatic heterocycles. The summed E-state index contributed by atoms with van der Waals surface area (Å²) in [7, 11) is 0. The van der Waals surface area contributed by atoms with Gasteiger partial charge in [-0.25, -0.2) is 4.79 Å². The fourth-order valence-electron chi connectivity index (χ4n) is 5.87. The molecule has 3 aromatic carbocycles. The van der Waals surface area contributed by atoms with Crippen molar-refractivity contribution in [3.8, 4) is 0 Å². The molecule has 3 aromatic rings. The van der Waals surface area contributed by atoms with Crippen LogP contribution >= 0.6 is 0 Å². The maximum Gasteiger partial charge on any atom is 0.415 e. The van der Waals surface area contributed by atoms with E-state index >= 15 is 0 Å². The zero-order valence-corrected chi connectivity index (χ0v) is 22.1. The molecule has 0 bridgehead atoms. The van der Waals surface area contributed by atoms with Crippen molar-refractivity contribution < 1.29 is 19.1 Å². The highest BCUT2D eigenvalue weighted by atomic mass is 16.6. The summed E-state index contributed by atoms with van der Waals surface area (Å²) in [5.74, 6) is -0.347. The summed E-state index contributed by atoms with van der Waals surface area (Å²) in [6.07, 6.45) is -1.11. The van der Waals surface area contributed by atoms with Gasteiger partial charge in [0.1, 0.15) is 11.6 Å². The van der Waals surface area contributed by atoms with E-state index < -0.39 is 23.2 Å². The topological polar surface area (TPSA) is 67.9 Å². The lowest BCUT2D eigenvalue weighted by Gasteiger charge is -2.34. The molecule has 6 nitrogen and oxygen atoms in total. The molecule has 0 aromatic heterocycles. The number of para-hydroxylation sites is 1. The van der Waals surface area contributed by atoms with Gasteiger partial charge in [-0.05, 0) is 63.8 Å². The SMILES string of the molecule is CCOC(=O)N1c2ccccc2[C@]2(C(=O)OC(C)C)CC(c3ccc(C)cc3)(c3ccc(C)cc3)N[C@H]12. The third-order valence-electron chi connectivity index (χ3n) is 7.56. The summed E-state index contributed by atoms with van der Waals surface area (Å²) < 4.78 is 11.4. The van der Waals surface area contributed by atoms with Gasteiger partial charge in [0.25, 0.3) is 0 Å². The Morgan fingerprint density at radius 2 is 1.51 bits per heavy atom. The molecule has 6 heteroatoms. The normalized spacial score (nSPS) is 21.5. The van der Waals surface area contributed by atoms with Crippen LogP contribution in [0.2, 0.25) is 0 Å². The second-order valence-corrected chi connectivity index (χ2v) is 10.4. The average Bonchev–Trinajstić information content (AvgIpc) is 3.35. The first-order valence-corrected chi connectivity index (χ1v) is 12.9. The Labute approximate surface area is 218 Å². The van der Waals surface area contributed by atoms with Crippen molar-refractivity contribution in [3.05, 3.63) is 101 Å². The molecule has 37 heavy (non-hydrogen) atoms. The molecule has 2 atom stereocenters. The maximum absolute atomic E-state index is 14.2. The van der Waals surface area contributed by atoms with E-state index in [2.05, 4.69) is 67.7 Å². The number of hydrogen-bond donors (Lipinski definition) is 1. The van der Waals surface area contributed by atoms with Gasteiger partial charge in [-0.1, -0.05) is 77.9 Å². The Kier molecular flexibility index (Phi) is 6.32. The number of benzene rings is 3. The van der Waals surface area contributed by atoms with Gasteiger partial charge in [0.2, 0.25) is 0 Å². The van der Waals surface area contributed by atoms with Gasteiger partial charge < -0.3 is 9.47 Å². The van der Waals surface area contributed by atoms with E-state index in [-0.39, 0.29) is 18.7 Å². The monoisotopic (exact) mass is 498 g/mol. The van der Waals surface area contributed by atoms with Crippen LogP contribution in [0.1, 0.15) is 55.0 Å². The lowest BCUT2D eigenvalue weighted by molar-refractivity contribution is -0.154. The predicted molar refractivity (Wildman–Crippen MR) is 144 cm³/mol. The Bertz CT molecular complexity index is 1270. The van der Waals surface area contributed by atoms with E-state index in [0.29, 0.717) is 12.1 Å². The van der Waals surface area contributed by atoms with Crippen LogP contribution in [0.25, 0.3) is 0 Å². The highest BCUT2D eigenvalue weighted by Crippen LogP contribution is 2.58. The van der Waals surface area contributed by atoms with Gasteiger partial charge >= 0.3 is 12.1 Å². The second-order valence-electron chi connectivity index (χ2n) is 10.4. The molecule has 1 N–H and O–H groups in total. The molecular formula is C31H34N2O4. The van der Waals surface area contributed by atoms with Gasteiger partial charge in [0, 0.05) is 0 Å². The van der Waals surface area contributed by atoms with Crippen molar-refractivity contribution in [1.82, 2.24) is 5.32 Å². The summed E-state index contributed by atoms with van der Waals surface area (Å²) in [5.41, 5.74) is 3.89. The minimum atomic E-state index is -1.14. The Morgan fingerprint density at radius 3 is 2.05 bits per heavy atom. The molecule has 2 aliphatic rings. The van der Waals surface area contributed by atoms with Crippen molar-refractivity contribution in [2.24, 2.45) is 0 Å². The largest absolute Gasteiger partial charge is 0.462 e. The zero-order chi connectivity index (χ0) is 26.4. The zero-order valence-electron chi connectivity index (χ0n) is 22.1. The number of anilines is 1. The number of nitrogens with zero attached hydrogens (tertiary/aromatic N) is 1. The van der Waals surface area contributed by atoms with Crippen LogP contribution in [-0.4, -0.2) is 30.9 Å². The van der Waals surface area contributed by atoms with E-state index in [1.165, 1.54) is 0 Å². The van der Waals surface area contributed by atoms with Gasteiger partial charge in [0.05, 0.1) is 23.9 Å². The molecule has 1 fully saturated rings. The number of carbonyl (C=O) groups is 2. The number of esters is 1. The smallest absolute Gasteiger partial charge is 0.415 e. The van der Waals surface area contributed by atoms with Crippen molar-refractivity contribution in [2.75, 3.05) is 11.5 Å². The molecule has 0 saturated carbocycles. The molecule has 192 valence electrons. The molecule has 0 unspecified atom stereocenters. The first-order valence-electron chi connectivity index (χ1n) is 12.9. The first-order chi connectivity index (χ1) is 17.7. The van der Waals surface area contributed by atoms with E-state index in [4.69, 9.17) is 9.47 Å². The van der Waals surface area contributed by atoms with Crippen LogP contribution in [0.15, 0.2) is 72.8 Å². The molecule has 2 heterocycles. The maximum atomic E-state index is 14.2. The minimum absolute atomic E-state index is 0.231. The number of aryl methyl sites for hydroxylation is 2. The first kappa shape index (κ1) is 25.0. The second kappa shape index (κ2) is 9.34. The van der Waals surface area contributed by atoms with Crippen molar-refractivity contribution in [1.29, 1.82) is 0 Å². The fraction of sp³-hybridized carbons (Fsp3) is 0.355. The van der Waals surface area contributed by atoms with Crippen LogP contribution in [0.5, 0.6) is 0 Å². The number of fused-ring (bicyclic) bond motifs is 3. The fourth-order valence-corrected chi connectivity index (χ4v) is 5.87. The molecule has 0 spiro atoms.